The lowest BCUT2D eigenvalue weighted by Crippen LogP contribution is -2.25. The van der Waals surface area contributed by atoms with E-state index >= 15 is 0 Å². The van der Waals surface area contributed by atoms with Crippen molar-refractivity contribution < 1.29 is 0 Å². The van der Waals surface area contributed by atoms with Crippen LogP contribution in [0.25, 0.3) is 0 Å². The second kappa shape index (κ2) is 7.37. The molecule has 1 aliphatic rings. The number of rotatable bonds is 6. The Morgan fingerprint density at radius 1 is 1.35 bits per heavy atom. The quantitative estimate of drug-likeness (QED) is 0.699. The monoisotopic (exact) mass is 233 g/mol. The van der Waals surface area contributed by atoms with Gasteiger partial charge in [-0.1, -0.05) is 44.9 Å². The smallest absolute Gasteiger partial charge is 0.0230 e. The molecule has 0 aromatic heterocycles. The maximum Gasteiger partial charge on any atom is 0.0230 e. The van der Waals surface area contributed by atoms with E-state index in [1.165, 1.54) is 36.1 Å². The summed E-state index contributed by atoms with van der Waals surface area (Å²) in [5, 5.41) is 3.67. The number of unbranched alkanes of at least 4 members (excludes halogenated alkanes) is 1. The van der Waals surface area contributed by atoms with Crippen LogP contribution in [0, 0.1) is 0 Å². The average Bonchev–Trinajstić information content (AvgIpc) is 2.49. The van der Waals surface area contributed by atoms with Crippen LogP contribution in [-0.4, -0.2) is 6.04 Å². The summed E-state index contributed by atoms with van der Waals surface area (Å²) in [5.74, 6) is 0. The van der Waals surface area contributed by atoms with Crippen molar-refractivity contribution in [2.45, 2.75) is 65.8 Å². The van der Waals surface area contributed by atoms with E-state index in [4.69, 9.17) is 0 Å². The number of allylic oxidation sites excluding steroid dienone is 5. The van der Waals surface area contributed by atoms with Crippen molar-refractivity contribution in [3.05, 3.63) is 35.1 Å². The van der Waals surface area contributed by atoms with Gasteiger partial charge in [0, 0.05) is 18.2 Å². The van der Waals surface area contributed by atoms with Crippen LogP contribution < -0.4 is 5.32 Å². The first kappa shape index (κ1) is 14.1. The molecule has 1 rings (SSSR count). The van der Waals surface area contributed by atoms with E-state index in [2.05, 4.69) is 51.2 Å². The molecule has 1 N–H and O–H groups in total. The molecule has 0 saturated carbocycles. The molecule has 1 unspecified atom stereocenters. The molecule has 0 bridgehead atoms. The van der Waals surface area contributed by atoms with E-state index in [1.54, 1.807) is 0 Å². The van der Waals surface area contributed by atoms with Crippen LogP contribution in [0.3, 0.4) is 0 Å². The molecule has 0 aliphatic heterocycles. The van der Waals surface area contributed by atoms with E-state index in [0.717, 1.165) is 12.8 Å². The summed E-state index contributed by atoms with van der Waals surface area (Å²) >= 11 is 0. The van der Waals surface area contributed by atoms with Gasteiger partial charge in [-0.3, -0.25) is 0 Å². The zero-order chi connectivity index (χ0) is 12.7. The highest BCUT2D eigenvalue weighted by molar-refractivity contribution is 5.36. The van der Waals surface area contributed by atoms with Crippen molar-refractivity contribution in [3.63, 3.8) is 0 Å². The van der Waals surface area contributed by atoms with Crippen molar-refractivity contribution >= 4 is 0 Å². The Hall–Kier alpha value is -0.980. The lowest BCUT2D eigenvalue weighted by Gasteiger charge is -2.18. The standard InChI is InChI=1S/C16H27N/c1-5-7-9-14(4)17-16-11-8-10-15(6-2)12-13(16)3/h8,10,12,14,17H,5-7,9,11H2,1-4H3. The van der Waals surface area contributed by atoms with Crippen LogP contribution in [0.5, 0.6) is 0 Å². The fraction of sp³-hybridized carbons (Fsp3) is 0.625. The molecule has 1 nitrogen and oxygen atoms in total. The Morgan fingerprint density at radius 2 is 2.12 bits per heavy atom. The van der Waals surface area contributed by atoms with E-state index in [9.17, 15) is 0 Å². The zero-order valence-electron chi connectivity index (χ0n) is 11.8. The number of hydrogen-bond donors (Lipinski definition) is 1. The molecule has 1 atom stereocenters. The summed E-state index contributed by atoms with van der Waals surface area (Å²) in [6.45, 7) is 8.97. The summed E-state index contributed by atoms with van der Waals surface area (Å²) in [7, 11) is 0. The lowest BCUT2D eigenvalue weighted by molar-refractivity contribution is 0.533. The van der Waals surface area contributed by atoms with Gasteiger partial charge in [0.15, 0.2) is 0 Å². The Labute approximate surface area is 107 Å². The normalized spacial score (nSPS) is 17.8. The molecule has 17 heavy (non-hydrogen) atoms. The maximum atomic E-state index is 3.67. The fourth-order valence-electron chi connectivity index (χ4n) is 2.18. The van der Waals surface area contributed by atoms with E-state index < -0.39 is 0 Å². The van der Waals surface area contributed by atoms with Gasteiger partial charge in [0.25, 0.3) is 0 Å². The Kier molecular flexibility index (Phi) is 6.10. The first-order chi connectivity index (χ1) is 8.17. The predicted molar refractivity (Wildman–Crippen MR) is 77.0 cm³/mol. The van der Waals surface area contributed by atoms with E-state index in [0.29, 0.717) is 6.04 Å². The molecule has 0 amide bonds. The summed E-state index contributed by atoms with van der Waals surface area (Å²) < 4.78 is 0. The molecular weight excluding hydrogens is 206 g/mol. The molecule has 0 heterocycles. The summed E-state index contributed by atoms with van der Waals surface area (Å²) in [6, 6.07) is 0.588. The predicted octanol–water partition coefficient (Wildman–Crippen LogP) is 4.73. The topological polar surface area (TPSA) is 12.0 Å². The van der Waals surface area contributed by atoms with Gasteiger partial charge in [0.05, 0.1) is 0 Å². The molecule has 0 fully saturated rings. The summed E-state index contributed by atoms with van der Waals surface area (Å²) in [6.07, 6.45) is 12.9. The first-order valence-corrected chi connectivity index (χ1v) is 7.00. The van der Waals surface area contributed by atoms with Crippen LogP contribution in [0.15, 0.2) is 35.1 Å². The number of nitrogens with one attached hydrogen (secondary N) is 1. The van der Waals surface area contributed by atoms with Gasteiger partial charge < -0.3 is 5.32 Å². The molecule has 0 aromatic rings. The van der Waals surface area contributed by atoms with Gasteiger partial charge in [-0.05, 0) is 37.8 Å². The van der Waals surface area contributed by atoms with Gasteiger partial charge in [-0.25, -0.2) is 0 Å². The van der Waals surface area contributed by atoms with Crippen LogP contribution in [0.4, 0.5) is 0 Å². The SMILES string of the molecule is CCCCC(C)NC1=C(C)C=C(CC)C=CC1. The zero-order valence-corrected chi connectivity index (χ0v) is 11.8. The van der Waals surface area contributed by atoms with Crippen LogP contribution in [-0.2, 0) is 0 Å². The van der Waals surface area contributed by atoms with Crippen molar-refractivity contribution in [3.8, 4) is 0 Å². The molecule has 0 saturated heterocycles. The van der Waals surface area contributed by atoms with E-state index in [-0.39, 0.29) is 0 Å². The van der Waals surface area contributed by atoms with Crippen molar-refractivity contribution in [2.75, 3.05) is 0 Å². The highest BCUT2D eigenvalue weighted by atomic mass is 14.9. The molecule has 96 valence electrons. The highest BCUT2D eigenvalue weighted by Gasteiger charge is 2.07. The van der Waals surface area contributed by atoms with Crippen LogP contribution in [0.2, 0.25) is 0 Å². The maximum absolute atomic E-state index is 3.67. The summed E-state index contributed by atoms with van der Waals surface area (Å²) in [4.78, 5) is 0. The number of hydrogen-bond acceptors (Lipinski definition) is 1. The van der Waals surface area contributed by atoms with Gasteiger partial charge >= 0.3 is 0 Å². The van der Waals surface area contributed by atoms with Crippen LogP contribution in [0.1, 0.15) is 59.8 Å². The first-order valence-electron chi connectivity index (χ1n) is 7.00. The largest absolute Gasteiger partial charge is 0.385 e. The van der Waals surface area contributed by atoms with Gasteiger partial charge in [-0.15, -0.1) is 0 Å². The van der Waals surface area contributed by atoms with Crippen molar-refractivity contribution in [1.29, 1.82) is 0 Å². The van der Waals surface area contributed by atoms with Crippen molar-refractivity contribution in [1.82, 2.24) is 5.32 Å². The molecular formula is C16H27N. The molecule has 1 heteroatoms. The second-order valence-electron chi connectivity index (χ2n) is 5.03. The third-order valence-electron chi connectivity index (χ3n) is 3.35. The third-order valence-corrected chi connectivity index (χ3v) is 3.35. The van der Waals surface area contributed by atoms with Gasteiger partial charge in [0.1, 0.15) is 0 Å². The average molecular weight is 233 g/mol. The lowest BCUT2D eigenvalue weighted by atomic mass is 10.1. The minimum Gasteiger partial charge on any atom is -0.385 e. The minimum atomic E-state index is 0.588. The fourth-order valence-corrected chi connectivity index (χ4v) is 2.18. The Morgan fingerprint density at radius 3 is 2.76 bits per heavy atom. The molecule has 0 aromatic carbocycles. The Bertz CT molecular complexity index is 320. The van der Waals surface area contributed by atoms with E-state index in [1.807, 2.05) is 0 Å². The highest BCUT2D eigenvalue weighted by Crippen LogP contribution is 2.18. The van der Waals surface area contributed by atoms with Crippen molar-refractivity contribution in [2.24, 2.45) is 0 Å². The minimum absolute atomic E-state index is 0.588. The van der Waals surface area contributed by atoms with Gasteiger partial charge in [-0.2, -0.15) is 0 Å². The molecule has 1 aliphatic carbocycles. The second-order valence-corrected chi connectivity index (χ2v) is 5.03. The summed E-state index contributed by atoms with van der Waals surface area (Å²) in [5.41, 5.74) is 4.23. The van der Waals surface area contributed by atoms with Gasteiger partial charge in [0.2, 0.25) is 0 Å². The molecule has 0 radical (unpaired) electrons. The molecule has 0 spiro atoms. The van der Waals surface area contributed by atoms with Crippen LogP contribution >= 0.6 is 0 Å². The Balaban J connectivity index is 2.63. The third kappa shape index (κ3) is 4.80.